The van der Waals surface area contributed by atoms with E-state index in [-0.39, 0.29) is 5.78 Å². The predicted molar refractivity (Wildman–Crippen MR) is 78.5 cm³/mol. The van der Waals surface area contributed by atoms with Crippen LogP contribution in [0.15, 0.2) is 0 Å². The van der Waals surface area contributed by atoms with Crippen LogP contribution < -0.4 is 0 Å². The van der Waals surface area contributed by atoms with E-state index < -0.39 is 5.60 Å². The summed E-state index contributed by atoms with van der Waals surface area (Å²) in [6, 6.07) is 0.575. The van der Waals surface area contributed by atoms with E-state index in [1.54, 1.807) is 7.11 Å². The second kappa shape index (κ2) is 7.36. The third-order valence-electron chi connectivity index (χ3n) is 4.30. The summed E-state index contributed by atoms with van der Waals surface area (Å²) in [6.45, 7) is 10.2. The molecule has 19 heavy (non-hydrogen) atoms. The Bertz CT molecular complexity index is 292. The average molecular weight is 270 g/mol. The summed E-state index contributed by atoms with van der Waals surface area (Å²) >= 11 is 0. The Kier molecular flexibility index (Phi) is 6.43. The van der Waals surface area contributed by atoms with E-state index in [2.05, 4.69) is 23.8 Å². The molecule has 4 nitrogen and oxygen atoms in total. The Balaban J connectivity index is 2.52. The van der Waals surface area contributed by atoms with Gasteiger partial charge in [0.05, 0.1) is 0 Å². The first-order valence-electron chi connectivity index (χ1n) is 7.41. The Morgan fingerprint density at radius 1 is 1.37 bits per heavy atom. The number of ether oxygens (including phenoxy) is 1. The Morgan fingerprint density at radius 2 is 2.05 bits per heavy atom. The van der Waals surface area contributed by atoms with Crippen molar-refractivity contribution in [2.75, 3.05) is 40.3 Å². The number of hydrogen-bond acceptors (Lipinski definition) is 4. The van der Waals surface area contributed by atoms with Gasteiger partial charge < -0.3 is 9.64 Å². The van der Waals surface area contributed by atoms with E-state index >= 15 is 0 Å². The molecule has 1 fully saturated rings. The maximum Gasteiger partial charge on any atom is 0.165 e. The van der Waals surface area contributed by atoms with E-state index in [0.717, 1.165) is 32.6 Å². The van der Waals surface area contributed by atoms with Crippen molar-refractivity contribution in [3.63, 3.8) is 0 Å². The van der Waals surface area contributed by atoms with Crippen molar-refractivity contribution in [3.8, 4) is 0 Å². The monoisotopic (exact) mass is 270 g/mol. The highest BCUT2D eigenvalue weighted by Crippen LogP contribution is 2.16. The molecule has 0 aromatic carbocycles. The van der Waals surface area contributed by atoms with Crippen LogP contribution in [0.3, 0.4) is 0 Å². The first-order chi connectivity index (χ1) is 8.90. The van der Waals surface area contributed by atoms with Crippen LogP contribution in [0.25, 0.3) is 0 Å². The van der Waals surface area contributed by atoms with Crippen molar-refractivity contribution in [2.24, 2.45) is 0 Å². The van der Waals surface area contributed by atoms with Crippen molar-refractivity contribution >= 4 is 5.78 Å². The number of hydrogen-bond donors (Lipinski definition) is 0. The fraction of sp³-hybridized carbons (Fsp3) is 0.933. The standard InChI is InChI=1S/C15H30N2O2/c1-6-13-12-16(4)9-7-10-17(13)11-8-14(18)15(2,3)19-5/h13H,6-12H2,1-5H3. The largest absolute Gasteiger partial charge is 0.371 e. The van der Waals surface area contributed by atoms with Gasteiger partial charge in [-0.15, -0.1) is 0 Å². The van der Waals surface area contributed by atoms with Crippen molar-refractivity contribution in [1.82, 2.24) is 9.80 Å². The van der Waals surface area contributed by atoms with Gasteiger partial charge in [-0.3, -0.25) is 9.69 Å². The van der Waals surface area contributed by atoms with Crippen molar-refractivity contribution in [3.05, 3.63) is 0 Å². The molecule has 1 rings (SSSR count). The summed E-state index contributed by atoms with van der Waals surface area (Å²) in [5.74, 6) is 0.197. The highest BCUT2D eigenvalue weighted by molar-refractivity contribution is 5.86. The second-order valence-electron chi connectivity index (χ2n) is 6.10. The number of Topliss-reactive ketones (excluding diaryl/α,β-unsaturated/α-hetero) is 1. The number of carbonyl (C=O) groups is 1. The van der Waals surface area contributed by atoms with Gasteiger partial charge in [-0.25, -0.2) is 0 Å². The maximum atomic E-state index is 12.1. The topological polar surface area (TPSA) is 32.8 Å². The van der Waals surface area contributed by atoms with E-state index in [1.165, 1.54) is 6.42 Å². The Morgan fingerprint density at radius 3 is 2.63 bits per heavy atom. The third-order valence-corrected chi connectivity index (χ3v) is 4.30. The molecule has 1 heterocycles. The molecule has 0 spiro atoms. The molecule has 1 aliphatic heterocycles. The smallest absolute Gasteiger partial charge is 0.165 e. The van der Waals surface area contributed by atoms with Gasteiger partial charge in [0.15, 0.2) is 5.78 Å². The zero-order chi connectivity index (χ0) is 14.5. The number of carbonyl (C=O) groups excluding carboxylic acids is 1. The van der Waals surface area contributed by atoms with Gasteiger partial charge in [0.25, 0.3) is 0 Å². The van der Waals surface area contributed by atoms with Gasteiger partial charge >= 0.3 is 0 Å². The number of ketones is 1. The lowest BCUT2D eigenvalue weighted by molar-refractivity contribution is -0.137. The highest BCUT2D eigenvalue weighted by Gasteiger charge is 2.28. The minimum atomic E-state index is -0.648. The molecular weight excluding hydrogens is 240 g/mol. The van der Waals surface area contributed by atoms with Crippen LogP contribution in [0, 0.1) is 0 Å². The van der Waals surface area contributed by atoms with Crippen molar-refractivity contribution in [1.29, 1.82) is 0 Å². The quantitative estimate of drug-likeness (QED) is 0.736. The van der Waals surface area contributed by atoms with Gasteiger partial charge in [-0.2, -0.15) is 0 Å². The zero-order valence-corrected chi connectivity index (χ0v) is 13.2. The Labute approximate surface area is 118 Å². The fourth-order valence-electron chi connectivity index (χ4n) is 2.63. The second-order valence-corrected chi connectivity index (χ2v) is 6.10. The summed E-state index contributed by atoms with van der Waals surface area (Å²) in [4.78, 5) is 17.0. The molecule has 0 aliphatic carbocycles. The van der Waals surface area contributed by atoms with Crippen LogP contribution in [-0.4, -0.2) is 67.6 Å². The minimum Gasteiger partial charge on any atom is -0.371 e. The van der Waals surface area contributed by atoms with Crippen molar-refractivity contribution < 1.29 is 9.53 Å². The summed E-state index contributed by atoms with van der Waals surface area (Å²) < 4.78 is 5.26. The first kappa shape index (κ1) is 16.6. The molecule has 0 amide bonds. The van der Waals surface area contributed by atoms with Crippen LogP contribution in [0.4, 0.5) is 0 Å². The minimum absolute atomic E-state index is 0.197. The van der Waals surface area contributed by atoms with Gasteiger partial charge in [0.1, 0.15) is 5.60 Å². The molecule has 1 saturated heterocycles. The molecule has 0 aromatic heterocycles. The van der Waals surface area contributed by atoms with Crippen molar-refractivity contribution in [2.45, 2.75) is 51.7 Å². The molecule has 1 unspecified atom stereocenters. The lowest BCUT2D eigenvalue weighted by Gasteiger charge is -2.31. The molecule has 0 aromatic rings. The van der Waals surface area contributed by atoms with Crippen LogP contribution in [-0.2, 0) is 9.53 Å². The third kappa shape index (κ3) is 4.86. The van der Waals surface area contributed by atoms with Gasteiger partial charge in [0, 0.05) is 32.7 Å². The average Bonchev–Trinajstić information content (AvgIpc) is 2.57. The lowest BCUT2D eigenvalue weighted by atomic mass is 10.00. The van der Waals surface area contributed by atoms with E-state index in [0.29, 0.717) is 12.5 Å². The van der Waals surface area contributed by atoms with Gasteiger partial charge in [-0.1, -0.05) is 6.92 Å². The zero-order valence-electron chi connectivity index (χ0n) is 13.2. The highest BCUT2D eigenvalue weighted by atomic mass is 16.5. The lowest BCUT2D eigenvalue weighted by Crippen LogP contribution is -2.42. The van der Waals surface area contributed by atoms with E-state index in [1.807, 2.05) is 13.8 Å². The normalized spacial score (nSPS) is 23.3. The van der Waals surface area contributed by atoms with Crippen LogP contribution >= 0.6 is 0 Å². The number of nitrogens with zero attached hydrogens (tertiary/aromatic N) is 2. The SMILES string of the molecule is CCC1CN(C)CCCN1CCC(=O)C(C)(C)OC. The summed E-state index contributed by atoms with van der Waals surface area (Å²) in [5, 5.41) is 0. The fourth-order valence-corrected chi connectivity index (χ4v) is 2.63. The molecule has 0 saturated carbocycles. The van der Waals surface area contributed by atoms with Crippen LogP contribution in [0.5, 0.6) is 0 Å². The molecule has 0 bridgehead atoms. The van der Waals surface area contributed by atoms with Crippen LogP contribution in [0.2, 0.25) is 0 Å². The molecule has 1 atom stereocenters. The number of likely N-dealkylation sites (N-methyl/N-ethyl adjacent to an activating group) is 1. The van der Waals surface area contributed by atoms with E-state index in [9.17, 15) is 4.79 Å². The van der Waals surface area contributed by atoms with Gasteiger partial charge in [-0.05, 0) is 46.8 Å². The summed E-state index contributed by atoms with van der Waals surface area (Å²) in [5.41, 5.74) is -0.648. The molecule has 4 heteroatoms. The molecule has 1 aliphatic rings. The Hall–Kier alpha value is -0.450. The molecule has 0 N–H and O–H groups in total. The predicted octanol–water partition coefficient (Wildman–Crippen LogP) is 1.79. The van der Waals surface area contributed by atoms with Gasteiger partial charge in [0.2, 0.25) is 0 Å². The molecular formula is C15H30N2O2. The number of methoxy groups -OCH3 is 1. The molecule has 112 valence electrons. The first-order valence-corrected chi connectivity index (χ1v) is 7.41. The summed E-state index contributed by atoms with van der Waals surface area (Å²) in [7, 11) is 3.79. The summed E-state index contributed by atoms with van der Waals surface area (Å²) in [6.07, 6.45) is 2.92. The van der Waals surface area contributed by atoms with Crippen LogP contribution in [0.1, 0.15) is 40.0 Å². The maximum absolute atomic E-state index is 12.1. The molecule has 0 radical (unpaired) electrons. The van der Waals surface area contributed by atoms with E-state index in [4.69, 9.17) is 4.74 Å². The number of rotatable bonds is 6.